The van der Waals surface area contributed by atoms with Gasteiger partial charge in [-0.2, -0.15) is 0 Å². The fourth-order valence-corrected chi connectivity index (χ4v) is 2.65. The Labute approximate surface area is 114 Å². The van der Waals surface area contributed by atoms with E-state index in [4.69, 9.17) is 0 Å². The normalized spacial score (nSPS) is 19.6. The van der Waals surface area contributed by atoms with E-state index in [1.165, 1.54) is 6.07 Å². The van der Waals surface area contributed by atoms with Crippen molar-refractivity contribution in [1.29, 1.82) is 0 Å². The van der Waals surface area contributed by atoms with Crippen molar-refractivity contribution in [2.24, 2.45) is 5.92 Å². The Bertz CT molecular complexity index is 426. The number of benzene rings is 1. The van der Waals surface area contributed by atoms with Gasteiger partial charge in [-0.3, -0.25) is 0 Å². The molecule has 0 saturated carbocycles. The molecule has 18 heavy (non-hydrogen) atoms. The summed E-state index contributed by atoms with van der Waals surface area (Å²) >= 11 is 3.10. The van der Waals surface area contributed by atoms with Crippen LogP contribution in [0.25, 0.3) is 0 Å². The number of anilines is 1. The lowest BCUT2D eigenvalue weighted by atomic mass is 10.1. The summed E-state index contributed by atoms with van der Waals surface area (Å²) in [7, 11) is 0. The standard InChI is InChI=1S/C13H17BrF2N2/c1-2-17-7-9-3-4-18(8-9)13-5-10(14)11(15)6-12(13)16/h5-6,9,17H,2-4,7-8H2,1H3. The molecule has 1 aromatic carbocycles. The molecule has 100 valence electrons. The maximum atomic E-state index is 13.7. The topological polar surface area (TPSA) is 15.3 Å². The van der Waals surface area contributed by atoms with Gasteiger partial charge in [0.15, 0.2) is 0 Å². The van der Waals surface area contributed by atoms with Gasteiger partial charge >= 0.3 is 0 Å². The molecule has 2 rings (SSSR count). The largest absolute Gasteiger partial charge is 0.369 e. The zero-order valence-corrected chi connectivity index (χ0v) is 11.9. The number of nitrogens with zero attached hydrogens (tertiary/aromatic N) is 1. The zero-order valence-electron chi connectivity index (χ0n) is 10.3. The van der Waals surface area contributed by atoms with Crippen molar-refractivity contribution in [3.05, 3.63) is 28.2 Å². The predicted molar refractivity (Wildman–Crippen MR) is 72.9 cm³/mol. The minimum Gasteiger partial charge on any atom is -0.369 e. The number of hydrogen-bond donors (Lipinski definition) is 1. The Morgan fingerprint density at radius 2 is 2.17 bits per heavy atom. The molecule has 1 aliphatic rings. The van der Waals surface area contributed by atoms with Crippen LogP contribution in [0.3, 0.4) is 0 Å². The number of nitrogens with one attached hydrogen (secondary N) is 1. The molecule has 5 heteroatoms. The van der Waals surface area contributed by atoms with Crippen LogP contribution in [0, 0.1) is 17.6 Å². The van der Waals surface area contributed by atoms with Gasteiger partial charge < -0.3 is 10.2 Å². The van der Waals surface area contributed by atoms with E-state index in [1.807, 2.05) is 4.90 Å². The third-order valence-electron chi connectivity index (χ3n) is 3.30. The molecule has 1 aliphatic heterocycles. The Morgan fingerprint density at radius 3 is 2.89 bits per heavy atom. The molecule has 0 aromatic heterocycles. The van der Waals surface area contributed by atoms with Crippen LogP contribution in [0.4, 0.5) is 14.5 Å². The molecule has 1 heterocycles. The number of hydrogen-bond acceptors (Lipinski definition) is 2. The van der Waals surface area contributed by atoms with Crippen LogP contribution in [0.2, 0.25) is 0 Å². The SMILES string of the molecule is CCNCC1CCN(c2cc(Br)c(F)cc2F)C1. The van der Waals surface area contributed by atoms with E-state index in [1.54, 1.807) is 0 Å². The van der Waals surface area contributed by atoms with Gasteiger partial charge in [0.1, 0.15) is 11.6 Å². The van der Waals surface area contributed by atoms with Crippen molar-refractivity contribution in [2.45, 2.75) is 13.3 Å². The highest BCUT2D eigenvalue weighted by atomic mass is 79.9. The van der Waals surface area contributed by atoms with E-state index in [-0.39, 0.29) is 0 Å². The van der Waals surface area contributed by atoms with Gasteiger partial charge in [-0.25, -0.2) is 8.78 Å². The molecule has 1 unspecified atom stereocenters. The maximum absolute atomic E-state index is 13.7. The van der Waals surface area contributed by atoms with Crippen LogP contribution < -0.4 is 10.2 Å². The summed E-state index contributed by atoms with van der Waals surface area (Å²) < 4.78 is 27.2. The monoisotopic (exact) mass is 318 g/mol. The molecule has 0 radical (unpaired) electrons. The third kappa shape index (κ3) is 3.01. The molecule has 1 N–H and O–H groups in total. The predicted octanol–water partition coefficient (Wildman–Crippen LogP) is 3.16. The summed E-state index contributed by atoms with van der Waals surface area (Å²) in [5.41, 5.74) is 0.488. The Balaban J connectivity index is 2.07. The quantitative estimate of drug-likeness (QED) is 0.858. The van der Waals surface area contributed by atoms with E-state index in [2.05, 4.69) is 28.2 Å². The van der Waals surface area contributed by atoms with E-state index >= 15 is 0 Å². The first kappa shape index (κ1) is 13.7. The molecule has 1 fully saturated rings. The number of halogens is 3. The molecule has 0 bridgehead atoms. The Hall–Kier alpha value is -0.680. The maximum Gasteiger partial charge on any atom is 0.149 e. The van der Waals surface area contributed by atoms with Crippen LogP contribution >= 0.6 is 15.9 Å². The summed E-state index contributed by atoms with van der Waals surface area (Å²) in [5, 5.41) is 3.31. The summed E-state index contributed by atoms with van der Waals surface area (Å²) in [6, 6.07) is 2.47. The van der Waals surface area contributed by atoms with Crippen molar-refractivity contribution in [2.75, 3.05) is 31.1 Å². The second kappa shape index (κ2) is 5.97. The van der Waals surface area contributed by atoms with Crippen LogP contribution in [0.1, 0.15) is 13.3 Å². The second-order valence-electron chi connectivity index (χ2n) is 4.63. The van der Waals surface area contributed by atoms with Crippen molar-refractivity contribution in [3.63, 3.8) is 0 Å². The van der Waals surface area contributed by atoms with Crippen LogP contribution in [0.15, 0.2) is 16.6 Å². The van der Waals surface area contributed by atoms with Gasteiger partial charge in [-0.15, -0.1) is 0 Å². The molecule has 0 amide bonds. The molecule has 1 atom stereocenters. The van der Waals surface area contributed by atoms with Crippen molar-refractivity contribution < 1.29 is 8.78 Å². The summed E-state index contributed by atoms with van der Waals surface area (Å²) in [4.78, 5) is 1.99. The van der Waals surface area contributed by atoms with Gasteiger partial charge in [0.25, 0.3) is 0 Å². The fraction of sp³-hybridized carbons (Fsp3) is 0.538. The van der Waals surface area contributed by atoms with Gasteiger partial charge in [-0.1, -0.05) is 6.92 Å². The average molecular weight is 319 g/mol. The molecular formula is C13H17BrF2N2. The molecule has 1 saturated heterocycles. The highest BCUT2D eigenvalue weighted by Crippen LogP contribution is 2.30. The third-order valence-corrected chi connectivity index (χ3v) is 3.91. The van der Waals surface area contributed by atoms with Gasteiger partial charge in [0.2, 0.25) is 0 Å². The van der Waals surface area contributed by atoms with E-state index < -0.39 is 11.6 Å². The first-order valence-corrected chi connectivity index (χ1v) is 7.01. The lowest BCUT2D eigenvalue weighted by Gasteiger charge is -2.20. The highest BCUT2D eigenvalue weighted by molar-refractivity contribution is 9.10. The fourth-order valence-electron chi connectivity index (χ4n) is 2.32. The van der Waals surface area contributed by atoms with Gasteiger partial charge in [0, 0.05) is 19.2 Å². The van der Waals surface area contributed by atoms with Crippen LogP contribution in [-0.4, -0.2) is 26.2 Å². The molecular weight excluding hydrogens is 302 g/mol. The van der Waals surface area contributed by atoms with E-state index in [0.717, 1.165) is 38.7 Å². The van der Waals surface area contributed by atoms with E-state index in [9.17, 15) is 8.78 Å². The number of rotatable bonds is 4. The zero-order chi connectivity index (χ0) is 13.1. The minimum atomic E-state index is -0.556. The van der Waals surface area contributed by atoms with Gasteiger partial charge in [0.05, 0.1) is 10.2 Å². The van der Waals surface area contributed by atoms with Crippen molar-refractivity contribution in [1.82, 2.24) is 5.32 Å². The van der Waals surface area contributed by atoms with Crippen molar-refractivity contribution in [3.8, 4) is 0 Å². The lowest BCUT2D eigenvalue weighted by Crippen LogP contribution is -2.26. The molecule has 2 nitrogen and oxygen atoms in total. The van der Waals surface area contributed by atoms with Crippen LogP contribution in [-0.2, 0) is 0 Å². The Morgan fingerprint density at radius 1 is 1.39 bits per heavy atom. The van der Waals surface area contributed by atoms with Crippen LogP contribution in [0.5, 0.6) is 0 Å². The minimum absolute atomic E-state index is 0.314. The molecule has 1 aromatic rings. The summed E-state index contributed by atoms with van der Waals surface area (Å²) in [6.07, 6.45) is 1.04. The molecule has 0 spiro atoms. The van der Waals surface area contributed by atoms with Crippen molar-refractivity contribution >= 4 is 21.6 Å². The first-order valence-electron chi connectivity index (χ1n) is 6.22. The molecule has 0 aliphatic carbocycles. The van der Waals surface area contributed by atoms with Gasteiger partial charge in [-0.05, 0) is 47.4 Å². The average Bonchev–Trinajstić information content (AvgIpc) is 2.79. The first-order chi connectivity index (χ1) is 8.61. The summed E-state index contributed by atoms with van der Waals surface area (Å²) in [6.45, 7) is 5.63. The highest BCUT2D eigenvalue weighted by Gasteiger charge is 2.24. The van der Waals surface area contributed by atoms with E-state index in [0.29, 0.717) is 16.1 Å². The smallest absolute Gasteiger partial charge is 0.149 e. The summed E-state index contributed by atoms with van der Waals surface area (Å²) in [5.74, 6) is -0.507. The second-order valence-corrected chi connectivity index (χ2v) is 5.48. The lowest BCUT2D eigenvalue weighted by molar-refractivity contribution is 0.526. The Kier molecular flexibility index (Phi) is 4.56.